The van der Waals surface area contributed by atoms with Crippen LogP contribution in [0.15, 0.2) is 36.4 Å². The second-order valence-electron chi connectivity index (χ2n) is 3.42. The smallest absolute Gasteiger partial charge is 0.120 e. The third kappa shape index (κ3) is 3.97. The van der Waals surface area contributed by atoms with E-state index < -0.39 is 0 Å². The number of allylic oxidation sites excluding steroid dienone is 2. The van der Waals surface area contributed by atoms with Crippen LogP contribution in [0.4, 0.5) is 0 Å². The summed E-state index contributed by atoms with van der Waals surface area (Å²) in [4.78, 5) is 10.2. The molecule has 1 rings (SSSR count). The first kappa shape index (κ1) is 11.5. The molecular weight excluding hydrogens is 184 g/mol. The molecule has 0 aliphatic rings. The molecule has 0 saturated carbocycles. The highest BCUT2D eigenvalue weighted by molar-refractivity contribution is 5.55. The summed E-state index contributed by atoms with van der Waals surface area (Å²) in [5, 5.41) is 0. The van der Waals surface area contributed by atoms with E-state index in [0.29, 0.717) is 6.42 Å². The van der Waals surface area contributed by atoms with Crippen LogP contribution in [0.3, 0.4) is 0 Å². The highest BCUT2D eigenvalue weighted by Gasteiger charge is 1.95. The standard InChI is InChI=1S/C14H16O/c1-2-3-4-8-13-9-5-6-10-14(13)11-7-12-15/h4-10H,2-3,11H2,1H3/b8-4-. The number of rotatable bonds is 5. The zero-order valence-corrected chi connectivity index (χ0v) is 9.07. The zero-order valence-electron chi connectivity index (χ0n) is 9.07. The Morgan fingerprint density at radius 3 is 2.87 bits per heavy atom. The largest absolute Gasteiger partial charge is 0.234 e. The van der Waals surface area contributed by atoms with Gasteiger partial charge in [-0.2, -0.15) is 0 Å². The molecule has 0 heterocycles. The third-order valence-electron chi connectivity index (χ3n) is 2.21. The van der Waals surface area contributed by atoms with E-state index in [0.717, 1.165) is 12.8 Å². The van der Waals surface area contributed by atoms with Crippen LogP contribution in [0, 0.1) is 0 Å². The van der Waals surface area contributed by atoms with Gasteiger partial charge in [0.25, 0.3) is 0 Å². The SMILES string of the molecule is CCC/C=C\c1ccccc1CC=C=O. The molecule has 15 heavy (non-hydrogen) atoms. The minimum atomic E-state index is 0.663. The molecule has 0 aromatic heterocycles. The van der Waals surface area contributed by atoms with E-state index >= 15 is 0 Å². The van der Waals surface area contributed by atoms with Gasteiger partial charge < -0.3 is 0 Å². The van der Waals surface area contributed by atoms with E-state index in [9.17, 15) is 4.79 Å². The minimum Gasteiger partial charge on any atom is -0.234 e. The van der Waals surface area contributed by atoms with Gasteiger partial charge in [0, 0.05) is 12.5 Å². The van der Waals surface area contributed by atoms with Crippen LogP contribution in [0.2, 0.25) is 0 Å². The average Bonchev–Trinajstić information content (AvgIpc) is 2.28. The highest BCUT2D eigenvalue weighted by Crippen LogP contribution is 2.12. The molecule has 0 spiro atoms. The first-order chi connectivity index (χ1) is 7.38. The number of unbranched alkanes of at least 4 members (excludes halogenated alkanes) is 1. The predicted octanol–water partition coefficient (Wildman–Crippen LogP) is 3.43. The van der Waals surface area contributed by atoms with Crippen molar-refractivity contribution in [2.45, 2.75) is 26.2 Å². The van der Waals surface area contributed by atoms with Crippen LogP contribution < -0.4 is 0 Å². The molecule has 78 valence electrons. The van der Waals surface area contributed by atoms with Crippen molar-refractivity contribution in [2.24, 2.45) is 0 Å². The Kier molecular flexibility index (Phi) is 5.21. The van der Waals surface area contributed by atoms with Gasteiger partial charge in [0.15, 0.2) is 0 Å². The Bertz CT molecular complexity index is 371. The lowest BCUT2D eigenvalue weighted by Gasteiger charge is -2.01. The molecule has 1 aromatic carbocycles. The van der Waals surface area contributed by atoms with Gasteiger partial charge in [0.2, 0.25) is 0 Å². The summed E-state index contributed by atoms with van der Waals surface area (Å²) in [5.74, 6) is 1.81. The fourth-order valence-electron chi connectivity index (χ4n) is 1.41. The van der Waals surface area contributed by atoms with Crippen molar-refractivity contribution in [3.05, 3.63) is 47.5 Å². The summed E-state index contributed by atoms with van der Waals surface area (Å²) < 4.78 is 0. The summed E-state index contributed by atoms with van der Waals surface area (Å²) in [6.45, 7) is 2.16. The van der Waals surface area contributed by atoms with Gasteiger partial charge in [0.05, 0.1) is 0 Å². The lowest BCUT2D eigenvalue weighted by Crippen LogP contribution is -1.86. The molecule has 0 aliphatic heterocycles. The molecule has 1 aromatic rings. The van der Waals surface area contributed by atoms with Gasteiger partial charge in [-0.3, -0.25) is 0 Å². The number of benzene rings is 1. The number of carbonyl (C=O) groups excluding carboxylic acids is 1. The topological polar surface area (TPSA) is 17.1 Å². The Hall–Kier alpha value is -1.59. The van der Waals surface area contributed by atoms with Crippen molar-refractivity contribution in [1.29, 1.82) is 0 Å². The second kappa shape index (κ2) is 6.80. The lowest BCUT2D eigenvalue weighted by atomic mass is 10.0. The Morgan fingerprint density at radius 2 is 2.13 bits per heavy atom. The average molecular weight is 200 g/mol. The molecule has 0 unspecified atom stereocenters. The molecule has 0 bridgehead atoms. The lowest BCUT2D eigenvalue weighted by molar-refractivity contribution is 0.568. The van der Waals surface area contributed by atoms with Crippen LogP contribution in [-0.4, -0.2) is 5.94 Å². The molecular formula is C14H16O. The van der Waals surface area contributed by atoms with Crippen LogP contribution in [0.5, 0.6) is 0 Å². The van der Waals surface area contributed by atoms with Gasteiger partial charge >= 0.3 is 0 Å². The van der Waals surface area contributed by atoms with E-state index in [4.69, 9.17) is 0 Å². The van der Waals surface area contributed by atoms with Gasteiger partial charge in [0.1, 0.15) is 5.94 Å². The first-order valence-corrected chi connectivity index (χ1v) is 5.32. The minimum absolute atomic E-state index is 0.663. The van der Waals surface area contributed by atoms with Crippen molar-refractivity contribution in [3.8, 4) is 0 Å². The second-order valence-corrected chi connectivity index (χ2v) is 3.42. The van der Waals surface area contributed by atoms with E-state index in [-0.39, 0.29) is 0 Å². The van der Waals surface area contributed by atoms with E-state index in [1.807, 2.05) is 24.1 Å². The molecule has 0 aliphatic carbocycles. The van der Waals surface area contributed by atoms with Gasteiger partial charge in [-0.15, -0.1) is 0 Å². The Labute approximate surface area is 91.1 Å². The van der Waals surface area contributed by atoms with Gasteiger partial charge in [-0.25, -0.2) is 4.79 Å². The summed E-state index contributed by atoms with van der Waals surface area (Å²) in [5.41, 5.74) is 2.37. The van der Waals surface area contributed by atoms with Crippen LogP contribution in [0.1, 0.15) is 30.9 Å². The van der Waals surface area contributed by atoms with E-state index in [1.165, 1.54) is 17.2 Å². The molecule has 0 saturated heterocycles. The Balaban J connectivity index is 2.80. The summed E-state index contributed by atoms with van der Waals surface area (Å²) in [6.07, 6.45) is 8.73. The highest BCUT2D eigenvalue weighted by atomic mass is 16.1. The molecule has 0 radical (unpaired) electrons. The molecule has 0 amide bonds. The molecule has 0 atom stereocenters. The van der Waals surface area contributed by atoms with E-state index in [1.54, 1.807) is 0 Å². The first-order valence-electron chi connectivity index (χ1n) is 5.32. The Morgan fingerprint density at radius 1 is 1.33 bits per heavy atom. The summed E-state index contributed by atoms with van der Waals surface area (Å²) >= 11 is 0. The van der Waals surface area contributed by atoms with Gasteiger partial charge in [-0.1, -0.05) is 49.8 Å². The van der Waals surface area contributed by atoms with Crippen molar-refractivity contribution in [1.82, 2.24) is 0 Å². The molecule has 0 N–H and O–H groups in total. The van der Waals surface area contributed by atoms with Crippen molar-refractivity contribution >= 4 is 12.0 Å². The maximum absolute atomic E-state index is 10.2. The summed E-state index contributed by atoms with van der Waals surface area (Å²) in [7, 11) is 0. The third-order valence-corrected chi connectivity index (χ3v) is 2.21. The van der Waals surface area contributed by atoms with Crippen molar-refractivity contribution in [2.75, 3.05) is 0 Å². The molecule has 0 fully saturated rings. The van der Waals surface area contributed by atoms with Gasteiger partial charge in [-0.05, 0) is 17.5 Å². The normalized spacial score (nSPS) is 10.2. The van der Waals surface area contributed by atoms with Crippen LogP contribution in [0.25, 0.3) is 6.08 Å². The maximum Gasteiger partial charge on any atom is 0.120 e. The van der Waals surface area contributed by atoms with Crippen molar-refractivity contribution < 1.29 is 4.79 Å². The van der Waals surface area contributed by atoms with Crippen LogP contribution in [-0.2, 0) is 11.2 Å². The number of hydrogen-bond donors (Lipinski definition) is 0. The maximum atomic E-state index is 10.2. The fraction of sp³-hybridized carbons (Fsp3) is 0.286. The molecule has 1 nitrogen and oxygen atoms in total. The number of hydrogen-bond acceptors (Lipinski definition) is 1. The quantitative estimate of drug-likeness (QED) is 0.665. The van der Waals surface area contributed by atoms with Crippen molar-refractivity contribution in [3.63, 3.8) is 0 Å². The predicted molar refractivity (Wildman–Crippen MR) is 64.4 cm³/mol. The monoisotopic (exact) mass is 200 g/mol. The fourth-order valence-corrected chi connectivity index (χ4v) is 1.41. The zero-order chi connectivity index (χ0) is 10.9. The van der Waals surface area contributed by atoms with E-state index in [2.05, 4.69) is 25.1 Å². The summed E-state index contributed by atoms with van der Waals surface area (Å²) in [6, 6.07) is 8.12. The molecule has 1 heteroatoms. The van der Waals surface area contributed by atoms with Crippen LogP contribution >= 0.6 is 0 Å².